The van der Waals surface area contributed by atoms with Crippen molar-refractivity contribution in [3.8, 4) is 0 Å². The molecular formula is C20H25ClN2O4. The zero-order valence-corrected chi connectivity index (χ0v) is 15.8. The summed E-state index contributed by atoms with van der Waals surface area (Å²) in [5.41, 5.74) is 0.958. The summed E-state index contributed by atoms with van der Waals surface area (Å²) < 4.78 is 5.78. The van der Waals surface area contributed by atoms with Crippen LogP contribution in [0.1, 0.15) is 31.2 Å². The summed E-state index contributed by atoms with van der Waals surface area (Å²) in [6.45, 7) is 0.192. The lowest BCUT2D eigenvalue weighted by molar-refractivity contribution is -0.128. The third kappa shape index (κ3) is 6.34. The zero-order valence-electron chi connectivity index (χ0n) is 15.1. The Balaban J connectivity index is 1.45. The minimum atomic E-state index is -0.549. The van der Waals surface area contributed by atoms with Crippen molar-refractivity contribution in [2.45, 2.75) is 50.5 Å². The van der Waals surface area contributed by atoms with Gasteiger partial charge in [-0.25, -0.2) is 0 Å². The molecule has 1 aromatic carbocycles. The van der Waals surface area contributed by atoms with E-state index in [-0.39, 0.29) is 30.9 Å². The van der Waals surface area contributed by atoms with E-state index < -0.39 is 12.2 Å². The van der Waals surface area contributed by atoms with Gasteiger partial charge in [0.05, 0.1) is 25.2 Å². The second-order valence-corrected chi connectivity index (χ2v) is 7.57. The molecule has 6 nitrogen and oxygen atoms in total. The molecule has 7 heteroatoms. The van der Waals surface area contributed by atoms with Crippen LogP contribution in [0.4, 0.5) is 0 Å². The molecule has 3 rings (SSSR count). The highest BCUT2D eigenvalue weighted by Gasteiger charge is 2.31. The lowest BCUT2D eigenvalue weighted by atomic mass is 10.0. The summed E-state index contributed by atoms with van der Waals surface area (Å²) in [6.07, 6.45) is 5.52. The minimum Gasteiger partial charge on any atom is -0.394 e. The van der Waals surface area contributed by atoms with Crippen LogP contribution in [0, 0.1) is 5.92 Å². The molecule has 3 N–H and O–H groups in total. The molecule has 0 saturated heterocycles. The van der Waals surface area contributed by atoms with Gasteiger partial charge in [-0.1, -0.05) is 35.9 Å². The van der Waals surface area contributed by atoms with Crippen molar-refractivity contribution in [3.63, 3.8) is 0 Å². The molecule has 1 fully saturated rings. The number of carbonyl (C=O) groups excluding carboxylic acids is 2. The summed E-state index contributed by atoms with van der Waals surface area (Å²) in [7, 11) is 0. The summed E-state index contributed by atoms with van der Waals surface area (Å²) in [6, 6.07) is 6.90. The van der Waals surface area contributed by atoms with Crippen molar-refractivity contribution >= 4 is 23.4 Å². The summed E-state index contributed by atoms with van der Waals surface area (Å²) in [5, 5.41) is 16.0. The molecular weight excluding hydrogens is 368 g/mol. The van der Waals surface area contributed by atoms with Gasteiger partial charge in [0, 0.05) is 18.0 Å². The van der Waals surface area contributed by atoms with Crippen LogP contribution < -0.4 is 10.6 Å². The average molecular weight is 393 g/mol. The molecule has 1 aliphatic heterocycles. The molecule has 2 aliphatic rings. The molecule has 0 aromatic heterocycles. The molecule has 0 unspecified atom stereocenters. The van der Waals surface area contributed by atoms with E-state index in [0.717, 1.165) is 18.4 Å². The van der Waals surface area contributed by atoms with Crippen LogP contribution in [0.2, 0.25) is 5.02 Å². The predicted molar refractivity (Wildman–Crippen MR) is 102 cm³/mol. The van der Waals surface area contributed by atoms with Gasteiger partial charge in [0.1, 0.15) is 6.10 Å². The molecule has 3 atom stereocenters. The molecule has 1 aliphatic carbocycles. The number of amides is 2. The molecule has 0 radical (unpaired) electrons. The smallest absolute Gasteiger partial charge is 0.223 e. The summed E-state index contributed by atoms with van der Waals surface area (Å²) in [5.74, 6) is 0.337. The van der Waals surface area contributed by atoms with Crippen LogP contribution in [0.5, 0.6) is 0 Å². The van der Waals surface area contributed by atoms with Crippen molar-refractivity contribution in [3.05, 3.63) is 47.0 Å². The average Bonchev–Trinajstić information content (AvgIpc) is 3.46. The second-order valence-electron chi connectivity index (χ2n) is 7.13. The number of carbonyl (C=O) groups is 2. The SMILES string of the molecule is O=C(C[C@H]1C=C[C@H](NC(=O)CC2CC2)[C@H](CO)O1)NCc1ccc(Cl)cc1. The van der Waals surface area contributed by atoms with Gasteiger partial charge in [-0.15, -0.1) is 0 Å². The van der Waals surface area contributed by atoms with Crippen LogP contribution in [0.25, 0.3) is 0 Å². The van der Waals surface area contributed by atoms with Crippen molar-refractivity contribution in [2.24, 2.45) is 5.92 Å². The van der Waals surface area contributed by atoms with Crippen LogP contribution in [0.3, 0.4) is 0 Å². The lowest BCUT2D eigenvalue weighted by Crippen LogP contribution is -2.49. The van der Waals surface area contributed by atoms with Gasteiger partial charge in [-0.05, 0) is 36.5 Å². The van der Waals surface area contributed by atoms with Gasteiger partial charge in [0.15, 0.2) is 0 Å². The Labute approximate surface area is 163 Å². The second kappa shape index (κ2) is 9.35. The van der Waals surface area contributed by atoms with E-state index in [1.807, 2.05) is 18.2 Å². The maximum Gasteiger partial charge on any atom is 0.223 e. The highest BCUT2D eigenvalue weighted by Crippen LogP contribution is 2.32. The van der Waals surface area contributed by atoms with Gasteiger partial charge in [0.2, 0.25) is 11.8 Å². The van der Waals surface area contributed by atoms with Gasteiger partial charge in [0.25, 0.3) is 0 Å². The van der Waals surface area contributed by atoms with Crippen molar-refractivity contribution < 1.29 is 19.4 Å². The van der Waals surface area contributed by atoms with E-state index in [4.69, 9.17) is 16.3 Å². The number of ether oxygens (including phenoxy) is 1. The largest absolute Gasteiger partial charge is 0.394 e. The van der Waals surface area contributed by atoms with Crippen LogP contribution >= 0.6 is 11.6 Å². The van der Waals surface area contributed by atoms with E-state index in [0.29, 0.717) is 23.9 Å². The highest BCUT2D eigenvalue weighted by molar-refractivity contribution is 6.30. The Bertz CT molecular complexity index is 688. The summed E-state index contributed by atoms with van der Waals surface area (Å²) in [4.78, 5) is 24.1. The third-order valence-corrected chi connectivity index (χ3v) is 5.00. The van der Waals surface area contributed by atoms with Gasteiger partial charge in [-0.2, -0.15) is 0 Å². The maximum atomic E-state index is 12.2. The Morgan fingerprint density at radius 3 is 2.52 bits per heavy atom. The quantitative estimate of drug-likeness (QED) is 0.590. The lowest BCUT2D eigenvalue weighted by Gasteiger charge is -2.31. The van der Waals surface area contributed by atoms with E-state index in [2.05, 4.69) is 10.6 Å². The number of hydrogen-bond acceptors (Lipinski definition) is 4. The van der Waals surface area contributed by atoms with Gasteiger partial charge >= 0.3 is 0 Å². The predicted octanol–water partition coefficient (Wildman–Crippen LogP) is 1.95. The van der Waals surface area contributed by atoms with Crippen LogP contribution in [-0.2, 0) is 20.9 Å². The number of rotatable bonds is 8. The van der Waals surface area contributed by atoms with Gasteiger partial charge < -0.3 is 20.5 Å². The molecule has 2 amide bonds. The van der Waals surface area contributed by atoms with Crippen LogP contribution in [0.15, 0.2) is 36.4 Å². The molecule has 146 valence electrons. The Morgan fingerprint density at radius 2 is 1.85 bits per heavy atom. The number of aliphatic hydroxyl groups is 1. The number of hydrogen-bond donors (Lipinski definition) is 3. The fourth-order valence-electron chi connectivity index (χ4n) is 3.02. The Kier molecular flexibility index (Phi) is 6.88. The minimum absolute atomic E-state index is 0.0200. The molecule has 1 saturated carbocycles. The monoisotopic (exact) mass is 392 g/mol. The zero-order chi connectivity index (χ0) is 19.2. The maximum absolute atomic E-state index is 12.2. The topological polar surface area (TPSA) is 87.7 Å². The number of benzene rings is 1. The first-order valence-electron chi connectivity index (χ1n) is 9.28. The van der Waals surface area contributed by atoms with E-state index in [9.17, 15) is 14.7 Å². The fraction of sp³-hybridized carbons (Fsp3) is 0.500. The van der Waals surface area contributed by atoms with Crippen LogP contribution in [-0.4, -0.2) is 41.8 Å². The highest BCUT2D eigenvalue weighted by atomic mass is 35.5. The fourth-order valence-corrected chi connectivity index (χ4v) is 3.15. The molecule has 0 bridgehead atoms. The molecule has 1 heterocycles. The standard InChI is InChI=1S/C20H25ClN2O4/c21-15-5-3-14(4-6-15)11-22-19(25)10-16-7-8-17(18(12-24)27-16)23-20(26)9-13-1-2-13/h3-8,13,16-18,24H,1-2,9-12H2,(H,22,25)(H,23,26)/t16-,17+,18+/m1/s1. The number of nitrogens with one attached hydrogen (secondary N) is 2. The van der Waals surface area contributed by atoms with Crippen molar-refractivity contribution in [1.29, 1.82) is 0 Å². The number of halogens is 1. The first-order chi connectivity index (χ1) is 13.0. The first-order valence-corrected chi connectivity index (χ1v) is 9.66. The normalized spacial score (nSPS) is 24.4. The van der Waals surface area contributed by atoms with E-state index in [1.54, 1.807) is 18.2 Å². The Hall–Kier alpha value is -1.89. The molecule has 27 heavy (non-hydrogen) atoms. The third-order valence-electron chi connectivity index (χ3n) is 4.75. The Morgan fingerprint density at radius 1 is 1.11 bits per heavy atom. The number of aliphatic hydroxyl groups excluding tert-OH is 1. The summed E-state index contributed by atoms with van der Waals surface area (Å²) >= 11 is 5.84. The van der Waals surface area contributed by atoms with E-state index in [1.165, 1.54) is 0 Å². The molecule has 1 aromatic rings. The van der Waals surface area contributed by atoms with E-state index >= 15 is 0 Å². The van der Waals surface area contributed by atoms with Gasteiger partial charge in [-0.3, -0.25) is 9.59 Å². The molecule has 0 spiro atoms. The van der Waals surface area contributed by atoms with Crippen molar-refractivity contribution in [2.75, 3.05) is 6.61 Å². The first kappa shape index (κ1) is 19.9. The van der Waals surface area contributed by atoms with Crippen molar-refractivity contribution in [1.82, 2.24) is 10.6 Å².